The highest BCUT2D eigenvalue weighted by molar-refractivity contribution is 5.92. The SMILES string of the molecule is COC(=O)c1cc(-c2ccccc2C2CC2)ncc1C1CCNC1. The summed E-state index contributed by atoms with van der Waals surface area (Å²) >= 11 is 0. The number of rotatable bonds is 4. The minimum absolute atomic E-state index is 0.274. The second-order valence-corrected chi connectivity index (χ2v) is 6.70. The Morgan fingerprint density at radius 3 is 2.71 bits per heavy atom. The number of ether oxygens (including phenoxy) is 1. The predicted octanol–water partition coefficient (Wildman–Crippen LogP) is 3.49. The summed E-state index contributed by atoms with van der Waals surface area (Å²) in [5, 5.41) is 3.35. The Balaban J connectivity index is 1.79. The van der Waals surface area contributed by atoms with Crippen LogP contribution in [0, 0.1) is 0 Å². The lowest BCUT2D eigenvalue weighted by atomic mass is 9.93. The predicted molar refractivity (Wildman–Crippen MR) is 93.2 cm³/mol. The van der Waals surface area contributed by atoms with Crippen molar-refractivity contribution >= 4 is 5.97 Å². The molecule has 0 radical (unpaired) electrons. The highest BCUT2D eigenvalue weighted by Crippen LogP contribution is 2.44. The van der Waals surface area contributed by atoms with Gasteiger partial charge < -0.3 is 10.1 Å². The van der Waals surface area contributed by atoms with Gasteiger partial charge in [-0.05, 0) is 54.8 Å². The van der Waals surface area contributed by atoms with Gasteiger partial charge in [0.25, 0.3) is 0 Å². The third-order valence-electron chi connectivity index (χ3n) is 5.09. The maximum atomic E-state index is 12.3. The fourth-order valence-corrected chi connectivity index (χ4v) is 3.63. The number of pyridine rings is 1. The normalized spacial score (nSPS) is 20.1. The van der Waals surface area contributed by atoms with Gasteiger partial charge in [0.05, 0.1) is 18.4 Å². The van der Waals surface area contributed by atoms with Crippen molar-refractivity contribution in [3.8, 4) is 11.3 Å². The molecule has 1 aromatic carbocycles. The zero-order chi connectivity index (χ0) is 16.5. The molecule has 1 saturated heterocycles. The van der Waals surface area contributed by atoms with Crippen molar-refractivity contribution in [2.45, 2.75) is 31.1 Å². The van der Waals surface area contributed by atoms with E-state index < -0.39 is 0 Å². The summed E-state index contributed by atoms with van der Waals surface area (Å²) in [6.45, 7) is 1.88. The van der Waals surface area contributed by atoms with E-state index in [1.54, 1.807) is 0 Å². The maximum absolute atomic E-state index is 12.3. The first-order valence-electron chi connectivity index (χ1n) is 8.66. The smallest absolute Gasteiger partial charge is 0.338 e. The fourth-order valence-electron chi connectivity index (χ4n) is 3.63. The summed E-state index contributed by atoms with van der Waals surface area (Å²) in [5.74, 6) is 0.701. The molecule has 1 atom stereocenters. The zero-order valence-electron chi connectivity index (χ0n) is 13.9. The van der Waals surface area contributed by atoms with Crippen LogP contribution < -0.4 is 5.32 Å². The first kappa shape index (κ1) is 15.3. The van der Waals surface area contributed by atoms with E-state index in [0.29, 0.717) is 17.4 Å². The molecule has 4 heteroatoms. The first-order chi connectivity index (χ1) is 11.8. The minimum Gasteiger partial charge on any atom is -0.465 e. The summed E-state index contributed by atoms with van der Waals surface area (Å²) in [6.07, 6.45) is 5.39. The van der Waals surface area contributed by atoms with Gasteiger partial charge in [0.2, 0.25) is 0 Å². The number of benzene rings is 1. The molecule has 1 aromatic heterocycles. The van der Waals surface area contributed by atoms with E-state index in [4.69, 9.17) is 9.72 Å². The Morgan fingerprint density at radius 2 is 2.00 bits per heavy atom. The second-order valence-electron chi connectivity index (χ2n) is 6.70. The Bertz CT molecular complexity index is 762. The van der Waals surface area contributed by atoms with E-state index in [2.05, 4.69) is 23.5 Å². The number of nitrogens with zero attached hydrogens (tertiary/aromatic N) is 1. The van der Waals surface area contributed by atoms with Crippen LogP contribution in [-0.4, -0.2) is 31.2 Å². The molecule has 1 aliphatic heterocycles. The lowest BCUT2D eigenvalue weighted by molar-refractivity contribution is 0.0599. The lowest BCUT2D eigenvalue weighted by Gasteiger charge is -2.15. The van der Waals surface area contributed by atoms with Crippen LogP contribution in [0.4, 0.5) is 0 Å². The fraction of sp³-hybridized carbons (Fsp3) is 0.400. The van der Waals surface area contributed by atoms with Gasteiger partial charge in [0, 0.05) is 18.3 Å². The number of hydrogen-bond acceptors (Lipinski definition) is 4. The van der Waals surface area contributed by atoms with Crippen molar-refractivity contribution < 1.29 is 9.53 Å². The van der Waals surface area contributed by atoms with E-state index in [-0.39, 0.29) is 5.97 Å². The first-order valence-corrected chi connectivity index (χ1v) is 8.66. The van der Waals surface area contributed by atoms with Crippen LogP contribution in [0.3, 0.4) is 0 Å². The van der Waals surface area contributed by atoms with E-state index in [0.717, 1.165) is 36.3 Å². The third kappa shape index (κ3) is 2.82. The summed E-state index contributed by atoms with van der Waals surface area (Å²) in [7, 11) is 1.44. The van der Waals surface area contributed by atoms with Crippen LogP contribution in [0.2, 0.25) is 0 Å². The van der Waals surface area contributed by atoms with Gasteiger partial charge in [0.15, 0.2) is 0 Å². The number of carbonyl (C=O) groups excluding carboxylic acids is 1. The average Bonchev–Trinajstić information content (AvgIpc) is 3.34. The van der Waals surface area contributed by atoms with Crippen molar-refractivity contribution in [2.24, 2.45) is 0 Å². The Hall–Kier alpha value is -2.20. The molecule has 124 valence electrons. The second kappa shape index (κ2) is 6.36. The minimum atomic E-state index is -0.274. The number of esters is 1. The van der Waals surface area contributed by atoms with E-state index >= 15 is 0 Å². The maximum Gasteiger partial charge on any atom is 0.338 e. The average molecular weight is 322 g/mol. The molecule has 2 heterocycles. The molecule has 1 N–H and O–H groups in total. The van der Waals surface area contributed by atoms with Crippen molar-refractivity contribution in [3.05, 3.63) is 53.2 Å². The van der Waals surface area contributed by atoms with Gasteiger partial charge in [0.1, 0.15) is 0 Å². The topological polar surface area (TPSA) is 51.2 Å². The summed E-state index contributed by atoms with van der Waals surface area (Å²) in [5.41, 5.74) is 5.01. The van der Waals surface area contributed by atoms with Gasteiger partial charge in [-0.25, -0.2) is 4.79 Å². The molecular weight excluding hydrogens is 300 g/mol. The van der Waals surface area contributed by atoms with Crippen molar-refractivity contribution in [2.75, 3.05) is 20.2 Å². The number of hydrogen-bond donors (Lipinski definition) is 1. The molecule has 4 nitrogen and oxygen atoms in total. The number of aromatic nitrogens is 1. The lowest BCUT2D eigenvalue weighted by Crippen LogP contribution is -2.13. The van der Waals surface area contributed by atoms with Gasteiger partial charge >= 0.3 is 5.97 Å². The van der Waals surface area contributed by atoms with Crippen molar-refractivity contribution in [1.29, 1.82) is 0 Å². The van der Waals surface area contributed by atoms with Gasteiger partial charge in [-0.15, -0.1) is 0 Å². The third-order valence-corrected chi connectivity index (χ3v) is 5.09. The van der Waals surface area contributed by atoms with Gasteiger partial charge in [-0.3, -0.25) is 4.98 Å². The Labute approximate surface area is 142 Å². The van der Waals surface area contributed by atoms with Crippen molar-refractivity contribution in [1.82, 2.24) is 10.3 Å². The van der Waals surface area contributed by atoms with Gasteiger partial charge in [-0.2, -0.15) is 0 Å². The zero-order valence-corrected chi connectivity index (χ0v) is 13.9. The van der Waals surface area contributed by atoms with Crippen LogP contribution in [0.1, 0.15) is 52.6 Å². The molecule has 0 bridgehead atoms. The van der Waals surface area contributed by atoms with Gasteiger partial charge in [-0.1, -0.05) is 24.3 Å². The number of methoxy groups -OCH3 is 1. The Morgan fingerprint density at radius 1 is 1.17 bits per heavy atom. The molecule has 24 heavy (non-hydrogen) atoms. The number of carbonyl (C=O) groups is 1. The molecule has 0 spiro atoms. The highest BCUT2D eigenvalue weighted by Gasteiger charge is 2.28. The standard InChI is InChI=1S/C20H22N2O2/c1-24-20(23)17-10-19(22-12-18(17)14-8-9-21-11-14)16-5-3-2-4-15(16)13-6-7-13/h2-5,10,12-14,21H,6-9,11H2,1H3. The quantitative estimate of drug-likeness (QED) is 0.876. The molecule has 1 unspecified atom stereocenters. The molecule has 1 aliphatic carbocycles. The van der Waals surface area contributed by atoms with Crippen LogP contribution in [0.15, 0.2) is 36.5 Å². The monoisotopic (exact) mass is 322 g/mol. The van der Waals surface area contributed by atoms with Crippen LogP contribution in [0.25, 0.3) is 11.3 Å². The Kier molecular flexibility index (Phi) is 4.07. The summed E-state index contributed by atoms with van der Waals surface area (Å²) < 4.78 is 5.03. The summed E-state index contributed by atoms with van der Waals surface area (Å²) in [4.78, 5) is 17.0. The van der Waals surface area contributed by atoms with Crippen LogP contribution >= 0.6 is 0 Å². The molecule has 4 rings (SSSR count). The van der Waals surface area contributed by atoms with Crippen LogP contribution in [0.5, 0.6) is 0 Å². The van der Waals surface area contributed by atoms with E-state index in [1.165, 1.54) is 25.5 Å². The molecule has 1 saturated carbocycles. The molecule has 0 amide bonds. The van der Waals surface area contributed by atoms with E-state index in [9.17, 15) is 4.79 Å². The van der Waals surface area contributed by atoms with E-state index in [1.807, 2.05) is 18.3 Å². The molecule has 2 fully saturated rings. The largest absolute Gasteiger partial charge is 0.465 e. The highest BCUT2D eigenvalue weighted by atomic mass is 16.5. The van der Waals surface area contributed by atoms with Crippen LogP contribution in [-0.2, 0) is 4.74 Å². The molecule has 2 aromatic rings. The molecular formula is C20H22N2O2. The summed E-state index contributed by atoms with van der Waals surface area (Å²) in [6, 6.07) is 10.3. The molecule has 2 aliphatic rings. The van der Waals surface area contributed by atoms with Crippen molar-refractivity contribution in [3.63, 3.8) is 0 Å². The number of nitrogens with one attached hydrogen (secondary N) is 1.